The van der Waals surface area contributed by atoms with Gasteiger partial charge in [-0.15, -0.1) is 0 Å². The third-order valence-electron chi connectivity index (χ3n) is 20.6. The Morgan fingerprint density at radius 2 is 0.849 bits per heavy atom. The number of fused-ring (bicyclic) bond motifs is 7. The van der Waals surface area contributed by atoms with Crippen molar-refractivity contribution in [1.82, 2.24) is 59.2 Å². The van der Waals surface area contributed by atoms with Gasteiger partial charge in [-0.25, -0.2) is 74.7 Å². The van der Waals surface area contributed by atoms with Crippen molar-refractivity contribution in [3.63, 3.8) is 0 Å². The molecule has 19 rings (SSSR count). The number of benzene rings is 8. The van der Waals surface area contributed by atoms with Gasteiger partial charge in [0.15, 0.2) is 28.5 Å². The van der Waals surface area contributed by atoms with Gasteiger partial charge >= 0.3 is 6.61 Å². The summed E-state index contributed by atoms with van der Waals surface area (Å²) in [5.74, 6) is -3.59. The predicted molar refractivity (Wildman–Crippen MR) is 471 cm³/mol. The largest absolute Gasteiger partial charge is 0.458 e. The number of anilines is 3. The molecule has 0 radical (unpaired) electrons. The van der Waals surface area contributed by atoms with Crippen LogP contribution in [0, 0.1) is 48.1 Å². The van der Waals surface area contributed by atoms with Gasteiger partial charge < -0.3 is 48.6 Å². The maximum atomic E-state index is 14.7. The summed E-state index contributed by atoms with van der Waals surface area (Å²) in [6.07, 6.45) is 2.98. The van der Waals surface area contributed by atoms with Crippen molar-refractivity contribution < 1.29 is 71.8 Å². The Morgan fingerprint density at radius 1 is 0.429 bits per heavy atom. The molecule has 1 aliphatic heterocycles. The zero-order valence-corrected chi connectivity index (χ0v) is 71.5. The van der Waals surface area contributed by atoms with E-state index in [9.17, 15) is 63.8 Å². The number of alkyl halides is 2. The molecule has 1 fully saturated rings. The molecule has 1 saturated heterocycles. The smallest absolute Gasteiger partial charge is 0.387 e. The van der Waals surface area contributed by atoms with Crippen LogP contribution >= 0.6 is 61.1 Å². The van der Waals surface area contributed by atoms with Crippen molar-refractivity contribution in [2.75, 3.05) is 42.7 Å². The zero-order valence-electron chi connectivity index (χ0n) is 65.6. The molecule has 126 heavy (non-hydrogen) atoms. The van der Waals surface area contributed by atoms with Gasteiger partial charge in [0.25, 0.3) is 0 Å². The molecule has 0 aliphatic carbocycles. The molecule has 0 spiro atoms. The average molecular weight is 2010 g/mol. The molecule has 26 nitrogen and oxygen atoms in total. The van der Waals surface area contributed by atoms with Crippen molar-refractivity contribution in [1.29, 1.82) is 0 Å². The monoisotopic (exact) mass is 2010 g/mol. The van der Waals surface area contributed by atoms with Crippen LogP contribution in [0.15, 0.2) is 230 Å². The second-order valence-corrected chi connectivity index (χ2v) is 31.2. The SMILES string of the molecule is CC(O)c1oc2cccc(F)c2c(=O)c1-c1ccc(F)cc1.CC(c1oc2cccc(F)c2c(=O)c1-c1cccc(F)c1)n1nc(I)c2c(N3CCOCC3)ncnc21.CC(c1oc2cccc(F)c2c(=O)c1-c1ccccc1)n1nc(I)c2c(N)ncnc21.CC(c1oc2cccc(F)c2c(=O)c1Br)n1nc(-c2ccc(OC(F)F)c(F)c2)c2c(N)ncnc21. The quantitative estimate of drug-likeness (QED) is 0.0672. The first-order chi connectivity index (χ1) is 60.6. The molecular weight excluding hydrogens is 1950 g/mol. The Morgan fingerprint density at radius 3 is 1.37 bits per heavy atom. The Bertz CT molecular complexity index is 7590. The van der Waals surface area contributed by atoms with Gasteiger partial charge in [-0.05, 0) is 196 Å². The first-order valence-electron chi connectivity index (χ1n) is 38.1. The number of rotatable bonds is 14. The van der Waals surface area contributed by atoms with E-state index >= 15 is 0 Å². The van der Waals surface area contributed by atoms with E-state index in [0.29, 0.717) is 73.1 Å². The summed E-state index contributed by atoms with van der Waals surface area (Å²) < 4.78 is 164. The highest BCUT2D eigenvalue weighted by molar-refractivity contribution is 14.1. The molecule has 5 N–H and O–H groups in total. The molecule has 638 valence electrons. The number of hydrogen-bond acceptors (Lipinski definition) is 23. The van der Waals surface area contributed by atoms with Crippen molar-refractivity contribution >= 4 is 156 Å². The molecule has 18 aromatic rings. The van der Waals surface area contributed by atoms with Crippen molar-refractivity contribution in [2.24, 2.45) is 0 Å². The van der Waals surface area contributed by atoms with Crippen LogP contribution in [0.1, 0.15) is 75.0 Å². The lowest BCUT2D eigenvalue weighted by Gasteiger charge is -2.28. The Hall–Kier alpha value is -13.3. The number of ether oxygens (including phenoxy) is 2. The Kier molecular flexibility index (Phi) is 24.4. The number of aromatic nitrogens is 12. The molecule has 4 unspecified atom stereocenters. The van der Waals surface area contributed by atoms with Crippen molar-refractivity contribution in [3.8, 4) is 50.4 Å². The highest BCUT2D eigenvalue weighted by Crippen LogP contribution is 2.41. The van der Waals surface area contributed by atoms with Crippen LogP contribution in [-0.2, 0) is 4.74 Å². The maximum Gasteiger partial charge on any atom is 0.387 e. The molecule has 1 aliphatic rings. The van der Waals surface area contributed by atoms with Gasteiger partial charge in [0, 0.05) is 18.7 Å². The topological polar surface area (TPSA) is 346 Å². The second kappa shape index (κ2) is 35.7. The number of aliphatic hydroxyl groups is 1. The van der Waals surface area contributed by atoms with Gasteiger partial charge in [-0.1, -0.05) is 78.9 Å². The fourth-order valence-corrected chi connectivity index (χ4v) is 16.8. The summed E-state index contributed by atoms with van der Waals surface area (Å²) in [7, 11) is 0. The molecule has 4 atom stereocenters. The number of nitrogens with zero attached hydrogens (tertiary/aromatic N) is 13. The third kappa shape index (κ3) is 16.3. The highest BCUT2D eigenvalue weighted by Gasteiger charge is 2.33. The van der Waals surface area contributed by atoms with Crippen LogP contribution in [0.25, 0.3) is 122 Å². The molecule has 11 heterocycles. The predicted octanol–water partition coefficient (Wildman–Crippen LogP) is 18.7. The molecule has 0 bridgehead atoms. The lowest BCUT2D eigenvalue weighted by atomic mass is 9.99. The Labute approximate surface area is 738 Å². The van der Waals surface area contributed by atoms with Crippen LogP contribution < -0.4 is 42.8 Å². The Balaban J connectivity index is 0.000000126. The third-order valence-corrected chi connectivity index (χ3v) is 22.9. The first kappa shape index (κ1) is 86.2. The number of morpholine rings is 1. The average Bonchev–Trinajstić information content (AvgIpc) is 1.43. The van der Waals surface area contributed by atoms with Crippen molar-refractivity contribution in [2.45, 2.75) is 58.5 Å². The lowest BCUT2D eigenvalue weighted by molar-refractivity contribution is -0.0521. The zero-order chi connectivity index (χ0) is 89.0. The summed E-state index contributed by atoms with van der Waals surface area (Å²) in [6, 6.07) is 37.8. The van der Waals surface area contributed by atoms with E-state index in [0.717, 1.165) is 35.5 Å². The van der Waals surface area contributed by atoms with E-state index in [4.69, 9.17) is 39.0 Å². The summed E-state index contributed by atoms with van der Waals surface area (Å²) in [4.78, 5) is 80.4. The minimum atomic E-state index is -3.20. The van der Waals surface area contributed by atoms with Crippen LogP contribution in [0.4, 0.5) is 57.0 Å². The molecule has 0 amide bonds. The van der Waals surface area contributed by atoms with E-state index in [1.165, 1.54) is 134 Å². The van der Waals surface area contributed by atoms with Crippen LogP contribution in [-0.4, -0.2) is 97.3 Å². The van der Waals surface area contributed by atoms with Gasteiger partial charge in [0.1, 0.15) is 180 Å². The van der Waals surface area contributed by atoms with E-state index in [2.05, 4.69) is 111 Å². The highest BCUT2D eigenvalue weighted by atomic mass is 127. The van der Waals surface area contributed by atoms with Gasteiger partial charge in [0.2, 0.25) is 21.7 Å². The minimum absolute atomic E-state index is 0.0145. The minimum Gasteiger partial charge on any atom is -0.458 e. The second-order valence-electron chi connectivity index (χ2n) is 28.4. The summed E-state index contributed by atoms with van der Waals surface area (Å²) in [5.41, 5.74) is 13.6. The number of halogens is 12. The maximum absolute atomic E-state index is 14.7. The van der Waals surface area contributed by atoms with Crippen molar-refractivity contribution in [3.05, 3.63) is 305 Å². The van der Waals surface area contributed by atoms with Crippen LogP contribution in [0.5, 0.6) is 5.75 Å². The van der Waals surface area contributed by atoms with Gasteiger partial charge in [-0.3, -0.25) is 19.2 Å². The molecule has 8 aromatic carbocycles. The molecule has 0 saturated carbocycles. The molecular formula is C88H61BrF9I2N15O11. The van der Waals surface area contributed by atoms with Crippen LogP contribution in [0.2, 0.25) is 0 Å². The fourth-order valence-electron chi connectivity index (χ4n) is 14.7. The van der Waals surface area contributed by atoms with Crippen LogP contribution in [0.3, 0.4) is 0 Å². The van der Waals surface area contributed by atoms with E-state index in [1.54, 1.807) is 40.6 Å². The van der Waals surface area contributed by atoms with Gasteiger partial charge in [-0.2, -0.15) is 24.1 Å². The number of nitrogen functional groups attached to an aromatic ring is 2. The normalized spacial score (nSPS) is 13.2. The summed E-state index contributed by atoms with van der Waals surface area (Å²) in [6.45, 7) is 6.14. The van der Waals surface area contributed by atoms with E-state index in [1.807, 2.05) is 32.0 Å². The number of aliphatic hydroxyl groups excluding tert-OH is 1. The standard InChI is InChI=1S/C26H20F2IN5O3.C23H14BrF4N5O3.C22H15FIN5O2.C17H12F2O3/c1-14(34-26-21(24(29)32-34)25(30-13-31-26)33-8-10-36-11-9-33)23-19(15-4-2-5-16(27)12-15)22(35)20-17(28)6-3-7-18(20)37-23;1-9(20-17(24)19(34)15-11(25)3-2-4-14(15)35-20)33-22-16(21(29)30-8-31-22)18(32-33)10-5-6-13(12(26)7-10)36-23(27)28;1-11(29-22-17(20(24)28-29)21(25)26-10-27-22)19-15(12-6-3-2-4-7-12)18(30)16-13(23)8-5-9-14(16)31-19;1-9(20)17-14(10-5-7-11(18)8-6-10)16(21)15-12(19)3-2-4-13(15)22-17/h2-7,12-14H,8-11H2,1H3;2-9,23H,1H3,(H2,29,30,31);2-11H,1H3,(H2,25,26,27);2-9,20H,1H3. The first-order valence-corrected chi connectivity index (χ1v) is 41.0. The van der Waals surface area contributed by atoms with Gasteiger partial charge in [0.05, 0.1) is 46.1 Å². The lowest BCUT2D eigenvalue weighted by Crippen LogP contribution is -2.37. The number of nitrogens with two attached hydrogens (primary N) is 2. The summed E-state index contributed by atoms with van der Waals surface area (Å²) >= 11 is 7.42. The molecule has 10 aromatic heterocycles. The van der Waals surface area contributed by atoms with E-state index < -0.39 is 99.0 Å². The molecule has 38 heteroatoms. The fraction of sp³-hybridized carbons (Fsp3) is 0.148. The summed E-state index contributed by atoms with van der Waals surface area (Å²) in [5, 5.41) is 24.7. The number of hydrogen-bond donors (Lipinski definition) is 3. The van der Waals surface area contributed by atoms with E-state index in [-0.39, 0.29) is 116 Å².